The van der Waals surface area contributed by atoms with Crippen LogP contribution in [0.4, 0.5) is 0 Å². The van der Waals surface area contributed by atoms with Gasteiger partial charge in [0.25, 0.3) is 0 Å². The molecule has 0 aliphatic rings. The Kier molecular flexibility index (Phi) is 4.34. The largest absolute Gasteiger partial charge is 0.478 e. The number of rotatable bonds is 4. The molecule has 0 atom stereocenters. The molecule has 104 valence electrons. The Morgan fingerprint density at radius 3 is 2.60 bits per heavy atom. The van der Waals surface area contributed by atoms with E-state index >= 15 is 0 Å². The average molecular weight is 289 g/mol. The van der Waals surface area contributed by atoms with Crippen LogP contribution >= 0.6 is 11.8 Å². The van der Waals surface area contributed by atoms with Crippen molar-refractivity contribution >= 4 is 17.7 Å². The fourth-order valence-corrected chi connectivity index (χ4v) is 2.34. The molecule has 0 bridgehead atoms. The van der Waals surface area contributed by atoms with Gasteiger partial charge in [0, 0.05) is 17.6 Å². The molecule has 2 aromatic rings. The minimum absolute atomic E-state index is 0.169. The van der Waals surface area contributed by atoms with Crippen LogP contribution in [0.3, 0.4) is 0 Å². The highest BCUT2D eigenvalue weighted by Gasteiger charge is 2.09. The molecule has 2 aromatic heterocycles. The molecule has 0 spiro atoms. The third-order valence-corrected chi connectivity index (χ3v) is 3.44. The van der Waals surface area contributed by atoms with Crippen molar-refractivity contribution in [2.24, 2.45) is 0 Å². The van der Waals surface area contributed by atoms with Gasteiger partial charge in [0.05, 0.1) is 5.56 Å². The van der Waals surface area contributed by atoms with Crippen molar-refractivity contribution < 1.29 is 9.90 Å². The van der Waals surface area contributed by atoms with E-state index in [0.29, 0.717) is 16.1 Å². The van der Waals surface area contributed by atoms with E-state index < -0.39 is 5.97 Å². The van der Waals surface area contributed by atoms with Gasteiger partial charge < -0.3 is 5.11 Å². The second kappa shape index (κ2) is 6.00. The maximum atomic E-state index is 10.8. The molecule has 1 N–H and O–H groups in total. The van der Waals surface area contributed by atoms with Gasteiger partial charge in [0.15, 0.2) is 5.16 Å². The normalized spacial score (nSPS) is 10.8. The minimum Gasteiger partial charge on any atom is -0.478 e. The lowest BCUT2D eigenvalue weighted by Crippen LogP contribution is -1.99. The lowest BCUT2D eigenvalue weighted by atomic mass is 10.1. The summed E-state index contributed by atoms with van der Waals surface area (Å²) in [4.78, 5) is 23.7. The van der Waals surface area contributed by atoms with Gasteiger partial charge in [0.1, 0.15) is 5.03 Å². The van der Waals surface area contributed by atoms with Crippen LogP contribution in [-0.2, 0) is 0 Å². The zero-order valence-corrected chi connectivity index (χ0v) is 12.3. The molecule has 5 nitrogen and oxygen atoms in total. The Morgan fingerprint density at radius 2 is 2.05 bits per heavy atom. The van der Waals surface area contributed by atoms with Crippen molar-refractivity contribution in [2.45, 2.75) is 36.9 Å². The van der Waals surface area contributed by atoms with Crippen LogP contribution in [-0.4, -0.2) is 26.0 Å². The lowest BCUT2D eigenvalue weighted by molar-refractivity contribution is 0.0696. The highest BCUT2D eigenvalue weighted by Crippen LogP contribution is 2.24. The fourth-order valence-electron chi connectivity index (χ4n) is 1.57. The standard InChI is InChI=1S/C14H15N3O2S/c1-8(2)11-6-9(3)16-14(17-11)20-12-5-4-10(7-15-12)13(18)19/h4-8H,1-3H3,(H,18,19). The van der Waals surface area contributed by atoms with Gasteiger partial charge in [-0.2, -0.15) is 0 Å². The van der Waals surface area contributed by atoms with Crippen molar-refractivity contribution in [3.63, 3.8) is 0 Å². The second-order valence-electron chi connectivity index (χ2n) is 4.66. The first-order valence-electron chi connectivity index (χ1n) is 6.18. The number of carbonyl (C=O) groups is 1. The first kappa shape index (κ1) is 14.5. The first-order valence-corrected chi connectivity index (χ1v) is 7.00. The number of aryl methyl sites for hydroxylation is 1. The van der Waals surface area contributed by atoms with Gasteiger partial charge in [-0.15, -0.1) is 0 Å². The maximum absolute atomic E-state index is 10.8. The minimum atomic E-state index is -0.983. The van der Waals surface area contributed by atoms with Crippen LogP contribution in [0.15, 0.2) is 34.6 Å². The highest BCUT2D eigenvalue weighted by molar-refractivity contribution is 7.99. The molecular weight excluding hydrogens is 274 g/mol. The van der Waals surface area contributed by atoms with Crippen LogP contribution in [0.1, 0.15) is 41.5 Å². The van der Waals surface area contributed by atoms with E-state index in [1.807, 2.05) is 13.0 Å². The van der Waals surface area contributed by atoms with E-state index in [4.69, 9.17) is 5.11 Å². The van der Waals surface area contributed by atoms with Gasteiger partial charge in [-0.1, -0.05) is 13.8 Å². The summed E-state index contributed by atoms with van der Waals surface area (Å²) in [6.45, 7) is 6.09. The van der Waals surface area contributed by atoms with Crippen LogP contribution in [0.25, 0.3) is 0 Å². The van der Waals surface area contributed by atoms with Gasteiger partial charge in [-0.05, 0) is 42.8 Å². The zero-order chi connectivity index (χ0) is 14.7. The molecule has 0 amide bonds. The summed E-state index contributed by atoms with van der Waals surface area (Å²) in [6, 6.07) is 5.15. The predicted octanol–water partition coefficient (Wildman–Crippen LogP) is 3.15. The van der Waals surface area contributed by atoms with E-state index in [1.54, 1.807) is 6.07 Å². The van der Waals surface area contributed by atoms with Crippen molar-refractivity contribution in [2.75, 3.05) is 0 Å². The number of carboxylic acids is 1. The summed E-state index contributed by atoms with van der Waals surface area (Å²) >= 11 is 1.33. The zero-order valence-electron chi connectivity index (χ0n) is 11.5. The number of aromatic nitrogens is 3. The SMILES string of the molecule is Cc1cc(C(C)C)nc(Sc2ccc(C(=O)O)cn2)n1. The molecule has 0 aliphatic heterocycles. The number of pyridine rings is 1. The summed E-state index contributed by atoms with van der Waals surface area (Å²) < 4.78 is 0. The predicted molar refractivity (Wildman–Crippen MR) is 76.2 cm³/mol. The summed E-state index contributed by atoms with van der Waals surface area (Å²) in [5.41, 5.74) is 2.07. The van der Waals surface area contributed by atoms with Gasteiger partial charge in [-0.25, -0.2) is 19.7 Å². The van der Waals surface area contributed by atoms with Crippen LogP contribution in [0.5, 0.6) is 0 Å². The van der Waals surface area contributed by atoms with Gasteiger partial charge >= 0.3 is 5.97 Å². The monoisotopic (exact) mass is 289 g/mol. The molecule has 0 radical (unpaired) electrons. The van der Waals surface area contributed by atoms with Crippen molar-refractivity contribution in [1.29, 1.82) is 0 Å². The van der Waals surface area contributed by atoms with Crippen LogP contribution < -0.4 is 0 Å². The molecule has 2 heterocycles. The molecule has 0 fully saturated rings. The molecule has 20 heavy (non-hydrogen) atoms. The molecule has 0 saturated heterocycles. The number of hydrogen-bond acceptors (Lipinski definition) is 5. The Balaban J connectivity index is 2.23. The van der Waals surface area contributed by atoms with Crippen molar-refractivity contribution in [1.82, 2.24) is 15.0 Å². The first-order chi connectivity index (χ1) is 9.45. The van der Waals surface area contributed by atoms with Crippen molar-refractivity contribution in [3.05, 3.63) is 41.3 Å². The molecule has 6 heteroatoms. The highest BCUT2D eigenvalue weighted by atomic mass is 32.2. The number of nitrogens with zero attached hydrogens (tertiary/aromatic N) is 3. The number of hydrogen-bond donors (Lipinski definition) is 1. The topological polar surface area (TPSA) is 76.0 Å². The van der Waals surface area contributed by atoms with E-state index in [2.05, 4.69) is 28.8 Å². The lowest BCUT2D eigenvalue weighted by Gasteiger charge is -2.07. The van der Waals surface area contributed by atoms with E-state index in [0.717, 1.165) is 11.4 Å². The molecule has 2 rings (SSSR count). The molecule has 0 saturated carbocycles. The quantitative estimate of drug-likeness (QED) is 0.871. The van der Waals surface area contributed by atoms with Crippen LogP contribution in [0.2, 0.25) is 0 Å². The second-order valence-corrected chi connectivity index (χ2v) is 5.65. The van der Waals surface area contributed by atoms with E-state index in [-0.39, 0.29) is 5.56 Å². The van der Waals surface area contributed by atoms with Crippen molar-refractivity contribution in [3.8, 4) is 0 Å². The Hall–Kier alpha value is -1.95. The Bertz CT molecular complexity index is 627. The molecule has 0 aromatic carbocycles. The van der Waals surface area contributed by atoms with E-state index in [1.165, 1.54) is 24.0 Å². The third kappa shape index (κ3) is 3.54. The Labute approximate surface area is 121 Å². The summed E-state index contributed by atoms with van der Waals surface area (Å²) in [6.07, 6.45) is 1.34. The Morgan fingerprint density at radius 1 is 1.30 bits per heavy atom. The summed E-state index contributed by atoms with van der Waals surface area (Å²) in [5, 5.41) is 10.1. The average Bonchev–Trinajstić information content (AvgIpc) is 2.38. The fraction of sp³-hybridized carbons (Fsp3) is 0.286. The number of carboxylic acid groups (broad SMARTS) is 1. The van der Waals surface area contributed by atoms with E-state index in [9.17, 15) is 4.79 Å². The number of aromatic carboxylic acids is 1. The summed E-state index contributed by atoms with van der Waals surface area (Å²) in [5.74, 6) is -0.652. The molecular formula is C14H15N3O2S. The van der Waals surface area contributed by atoms with Gasteiger partial charge in [-0.3, -0.25) is 0 Å². The molecule has 0 unspecified atom stereocenters. The maximum Gasteiger partial charge on any atom is 0.337 e. The smallest absolute Gasteiger partial charge is 0.337 e. The third-order valence-electron chi connectivity index (χ3n) is 2.62. The van der Waals surface area contributed by atoms with Crippen LogP contribution in [0, 0.1) is 6.92 Å². The summed E-state index contributed by atoms with van der Waals surface area (Å²) in [7, 11) is 0. The molecule has 0 aliphatic carbocycles. The van der Waals surface area contributed by atoms with Gasteiger partial charge in [0.2, 0.25) is 0 Å².